The summed E-state index contributed by atoms with van der Waals surface area (Å²) in [6, 6.07) is 10.2. The molecule has 4 rings (SSSR count). The second-order valence-electron chi connectivity index (χ2n) is 7.48. The van der Waals surface area contributed by atoms with E-state index in [0.29, 0.717) is 56.2 Å². The zero-order valence-electron chi connectivity index (χ0n) is 17.0. The summed E-state index contributed by atoms with van der Waals surface area (Å²) in [6.45, 7) is 2.61. The van der Waals surface area contributed by atoms with E-state index >= 15 is 0 Å². The molecule has 1 fully saturated rings. The van der Waals surface area contributed by atoms with Crippen LogP contribution in [-0.2, 0) is 12.7 Å². The zero-order valence-corrected chi connectivity index (χ0v) is 17.0. The maximum atomic E-state index is 13.5. The molecule has 0 unspecified atom stereocenters. The Balaban J connectivity index is 1.42. The number of carbonyl (C=O) groups excluding carboxylic acids is 1. The van der Waals surface area contributed by atoms with Crippen molar-refractivity contribution in [2.24, 2.45) is 0 Å². The third-order valence-corrected chi connectivity index (χ3v) is 5.29. The minimum absolute atomic E-state index is 0.221. The summed E-state index contributed by atoms with van der Waals surface area (Å²) in [7, 11) is 0. The summed E-state index contributed by atoms with van der Waals surface area (Å²) in [6.07, 6.45) is -3.70. The number of aromatic nitrogens is 4. The highest BCUT2D eigenvalue weighted by atomic mass is 19.4. The zero-order chi connectivity index (χ0) is 22.7. The average molecular weight is 448 g/mol. The van der Waals surface area contributed by atoms with E-state index < -0.39 is 17.6 Å². The third kappa shape index (κ3) is 4.93. The summed E-state index contributed by atoms with van der Waals surface area (Å²) in [4.78, 5) is 16.5. The molecule has 1 aliphatic heterocycles. The van der Waals surface area contributed by atoms with E-state index in [1.54, 1.807) is 11.0 Å². The summed E-state index contributed by atoms with van der Waals surface area (Å²) in [5.74, 6) is -0.196. The normalized spacial score (nSPS) is 15.6. The molecule has 2 aromatic carbocycles. The van der Waals surface area contributed by atoms with Crippen LogP contribution in [0, 0.1) is 5.82 Å². The summed E-state index contributed by atoms with van der Waals surface area (Å²) in [5, 5.41) is 11.6. The summed E-state index contributed by atoms with van der Waals surface area (Å²) >= 11 is 0. The highest BCUT2D eigenvalue weighted by Gasteiger charge is 2.30. The molecule has 0 atom stereocenters. The SMILES string of the molecule is O=C(c1cccc(F)c1)N1CCCN(Cc2nnnn2-c2ccc(C(F)(F)F)cc2)CC1. The molecule has 1 aliphatic rings. The number of hydrogen-bond acceptors (Lipinski definition) is 5. The van der Waals surface area contributed by atoms with Crippen molar-refractivity contribution in [3.8, 4) is 5.69 Å². The first-order valence-electron chi connectivity index (χ1n) is 10.0. The molecule has 7 nitrogen and oxygen atoms in total. The van der Waals surface area contributed by atoms with Gasteiger partial charge in [0.25, 0.3) is 5.91 Å². The number of alkyl halides is 3. The fraction of sp³-hybridized carbons (Fsp3) is 0.333. The van der Waals surface area contributed by atoms with Crippen LogP contribution in [0.25, 0.3) is 5.69 Å². The Labute approximate surface area is 181 Å². The lowest BCUT2D eigenvalue weighted by atomic mass is 10.2. The van der Waals surface area contributed by atoms with Crippen LogP contribution in [0.3, 0.4) is 0 Å². The third-order valence-electron chi connectivity index (χ3n) is 5.29. The Hall–Kier alpha value is -3.34. The maximum absolute atomic E-state index is 13.5. The van der Waals surface area contributed by atoms with Gasteiger partial charge in [0.2, 0.25) is 0 Å². The van der Waals surface area contributed by atoms with Gasteiger partial charge < -0.3 is 4.90 Å². The molecule has 0 aliphatic carbocycles. The fourth-order valence-electron chi connectivity index (χ4n) is 3.63. The predicted octanol–water partition coefficient (Wildman–Crippen LogP) is 3.17. The average Bonchev–Trinajstić information content (AvgIpc) is 3.10. The van der Waals surface area contributed by atoms with E-state index in [2.05, 4.69) is 20.4 Å². The Kier molecular flexibility index (Phi) is 6.17. The van der Waals surface area contributed by atoms with Crippen molar-refractivity contribution in [2.75, 3.05) is 26.2 Å². The first kappa shape index (κ1) is 21.9. The van der Waals surface area contributed by atoms with Gasteiger partial charge in [-0.2, -0.15) is 17.9 Å². The number of tetrazole rings is 1. The molecule has 0 bridgehead atoms. The van der Waals surface area contributed by atoms with Crippen molar-refractivity contribution >= 4 is 5.91 Å². The van der Waals surface area contributed by atoms with Crippen LogP contribution in [-0.4, -0.2) is 62.1 Å². The van der Waals surface area contributed by atoms with Crippen LogP contribution in [0.15, 0.2) is 48.5 Å². The van der Waals surface area contributed by atoms with Gasteiger partial charge in [-0.05, 0) is 59.3 Å². The quantitative estimate of drug-likeness (QED) is 0.574. The number of carbonyl (C=O) groups is 1. The highest BCUT2D eigenvalue weighted by Crippen LogP contribution is 2.29. The van der Waals surface area contributed by atoms with Crippen LogP contribution < -0.4 is 0 Å². The Bertz CT molecular complexity index is 1080. The standard InChI is InChI=1S/C21H20F4N6O/c22-17-4-1-3-15(13-17)20(32)30-10-2-9-29(11-12-30)14-19-26-27-28-31(19)18-7-5-16(6-8-18)21(23,24)25/h1,3-8,13H,2,9-12,14H2. The van der Waals surface area contributed by atoms with Crippen molar-refractivity contribution in [1.82, 2.24) is 30.0 Å². The molecule has 2 heterocycles. The van der Waals surface area contributed by atoms with Crippen LogP contribution >= 0.6 is 0 Å². The van der Waals surface area contributed by atoms with Crippen LogP contribution in [0.2, 0.25) is 0 Å². The topological polar surface area (TPSA) is 67.2 Å². The van der Waals surface area contributed by atoms with E-state index in [0.717, 1.165) is 12.1 Å². The van der Waals surface area contributed by atoms with Crippen molar-refractivity contribution in [3.63, 3.8) is 0 Å². The molecule has 0 saturated carbocycles. The molecule has 1 aromatic heterocycles. The first-order chi connectivity index (χ1) is 15.3. The Morgan fingerprint density at radius 1 is 1.00 bits per heavy atom. The molecular formula is C21H20F4N6O. The first-order valence-corrected chi connectivity index (χ1v) is 10.0. The van der Waals surface area contributed by atoms with E-state index in [-0.39, 0.29) is 5.91 Å². The van der Waals surface area contributed by atoms with E-state index in [9.17, 15) is 22.4 Å². The van der Waals surface area contributed by atoms with Crippen molar-refractivity contribution in [2.45, 2.75) is 19.1 Å². The van der Waals surface area contributed by atoms with Crippen molar-refractivity contribution in [1.29, 1.82) is 0 Å². The summed E-state index contributed by atoms with van der Waals surface area (Å²) in [5.41, 5.74) is -0.00752. The van der Waals surface area contributed by atoms with Gasteiger partial charge in [-0.25, -0.2) is 4.39 Å². The van der Waals surface area contributed by atoms with Gasteiger partial charge in [0.1, 0.15) is 5.82 Å². The molecule has 168 valence electrons. The summed E-state index contributed by atoms with van der Waals surface area (Å²) < 4.78 is 53.3. The largest absolute Gasteiger partial charge is 0.416 e. The number of halogens is 4. The molecule has 1 saturated heterocycles. The van der Waals surface area contributed by atoms with E-state index in [4.69, 9.17) is 0 Å². The van der Waals surface area contributed by atoms with Gasteiger partial charge in [-0.1, -0.05) is 6.07 Å². The van der Waals surface area contributed by atoms with Crippen molar-refractivity contribution in [3.05, 3.63) is 71.3 Å². The molecule has 11 heteroatoms. The van der Waals surface area contributed by atoms with Gasteiger partial charge in [0.05, 0.1) is 17.8 Å². The lowest BCUT2D eigenvalue weighted by Gasteiger charge is -2.22. The lowest BCUT2D eigenvalue weighted by molar-refractivity contribution is -0.137. The van der Waals surface area contributed by atoms with Crippen LogP contribution in [0.5, 0.6) is 0 Å². The number of hydrogen-bond donors (Lipinski definition) is 0. The fourth-order valence-corrected chi connectivity index (χ4v) is 3.63. The van der Waals surface area contributed by atoms with Crippen LogP contribution in [0.4, 0.5) is 17.6 Å². The molecular weight excluding hydrogens is 428 g/mol. The molecule has 32 heavy (non-hydrogen) atoms. The van der Waals surface area contributed by atoms with Gasteiger partial charge in [-0.15, -0.1) is 5.10 Å². The smallest absolute Gasteiger partial charge is 0.337 e. The Morgan fingerprint density at radius 3 is 2.50 bits per heavy atom. The van der Waals surface area contributed by atoms with Gasteiger partial charge in [0, 0.05) is 31.7 Å². The number of rotatable bonds is 4. The number of amides is 1. The molecule has 0 radical (unpaired) electrons. The number of nitrogens with zero attached hydrogens (tertiary/aromatic N) is 6. The lowest BCUT2D eigenvalue weighted by Crippen LogP contribution is -2.35. The monoisotopic (exact) mass is 448 g/mol. The predicted molar refractivity (Wildman–Crippen MR) is 106 cm³/mol. The highest BCUT2D eigenvalue weighted by molar-refractivity contribution is 5.94. The van der Waals surface area contributed by atoms with Gasteiger partial charge in [0.15, 0.2) is 5.82 Å². The molecule has 0 N–H and O–H groups in total. The van der Waals surface area contributed by atoms with Crippen molar-refractivity contribution < 1.29 is 22.4 Å². The molecule has 1 amide bonds. The second-order valence-corrected chi connectivity index (χ2v) is 7.48. The van der Waals surface area contributed by atoms with Gasteiger partial charge in [-0.3, -0.25) is 9.69 Å². The van der Waals surface area contributed by atoms with Crippen LogP contribution in [0.1, 0.15) is 28.2 Å². The molecule has 3 aromatic rings. The Morgan fingerprint density at radius 2 is 1.78 bits per heavy atom. The van der Waals surface area contributed by atoms with E-state index in [1.165, 1.54) is 35.0 Å². The minimum atomic E-state index is -4.41. The number of benzene rings is 2. The van der Waals surface area contributed by atoms with Gasteiger partial charge >= 0.3 is 6.18 Å². The van der Waals surface area contributed by atoms with E-state index in [1.807, 2.05) is 0 Å². The maximum Gasteiger partial charge on any atom is 0.416 e. The second kappa shape index (κ2) is 9.03. The molecule has 0 spiro atoms. The minimum Gasteiger partial charge on any atom is -0.337 e.